The van der Waals surface area contributed by atoms with Crippen molar-refractivity contribution in [3.8, 4) is 0 Å². The van der Waals surface area contributed by atoms with Crippen molar-refractivity contribution >= 4 is 5.97 Å². The molecule has 1 unspecified atom stereocenters. The molecular weight excluding hydrogens is 212 g/mol. The first kappa shape index (κ1) is 12.2. The molecule has 17 heavy (non-hydrogen) atoms. The fourth-order valence-electron chi connectivity index (χ4n) is 2.73. The van der Waals surface area contributed by atoms with Crippen molar-refractivity contribution in [2.75, 3.05) is 0 Å². The number of carboxylic acid groups (broad SMARTS) is 1. The Morgan fingerprint density at radius 3 is 2.59 bits per heavy atom. The van der Waals surface area contributed by atoms with Gasteiger partial charge >= 0.3 is 5.97 Å². The minimum atomic E-state index is -0.699. The summed E-state index contributed by atoms with van der Waals surface area (Å²) in [5, 5.41) is 9.00. The van der Waals surface area contributed by atoms with E-state index in [0.717, 1.165) is 12.8 Å². The lowest BCUT2D eigenvalue weighted by molar-refractivity contribution is -0.141. The van der Waals surface area contributed by atoms with E-state index in [1.807, 2.05) is 0 Å². The van der Waals surface area contributed by atoms with E-state index in [-0.39, 0.29) is 5.92 Å². The highest BCUT2D eigenvalue weighted by molar-refractivity contribution is 5.70. The average Bonchev–Trinajstić information content (AvgIpc) is 2.33. The zero-order chi connectivity index (χ0) is 12.4. The monoisotopic (exact) mass is 232 g/mol. The van der Waals surface area contributed by atoms with E-state index in [2.05, 4.69) is 19.1 Å². The van der Waals surface area contributed by atoms with Crippen molar-refractivity contribution in [2.24, 2.45) is 5.92 Å². The third-order valence-corrected chi connectivity index (χ3v) is 3.81. The molecule has 92 valence electrons. The molecule has 2 rings (SSSR count). The minimum Gasteiger partial charge on any atom is -0.481 e. The van der Waals surface area contributed by atoms with Crippen LogP contribution in [-0.4, -0.2) is 11.1 Å². The summed E-state index contributed by atoms with van der Waals surface area (Å²) in [7, 11) is 0. The van der Waals surface area contributed by atoms with Crippen LogP contribution >= 0.6 is 0 Å². The summed E-state index contributed by atoms with van der Waals surface area (Å²) >= 11 is 0. The molecule has 0 saturated heterocycles. The van der Waals surface area contributed by atoms with Crippen molar-refractivity contribution in [2.45, 2.75) is 46.0 Å². The predicted molar refractivity (Wildman–Crippen MR) is 68.3 cm³/mol. The van der Waals surface area contributed by atoms with Crippen LogP contribution in [0.2, 0.25) is 0 Å². The number of benzene rings is 1. The molecule has 1 aliphatic carbocycles. The van der Waals surface area contributed by atoms with Crippen molar-refractivity contribution in [3.63, 3.8) is 0 Å². The molecule has 0 spiro atoms. The van der Waals surface area contributed by atoms with Gasteiger partial charge in [-0.05, 0) is 61.3 Å². The molecule has 0 heterocycles. The van der Waals surface area contributed by atoms with Crippen molar-refractivity contribution < 1.29 is 9.90 Å². The first-order valence-electron chi connectivity index (χ1n) is 6.42. The molecule has 0 saturated carbocycles. The van der Waals surface area contributed by atoms with Crippen LogP contribution in [0.1, 0.15) is 42.0 Å². The van der Waals surface area contributed by atoms with Crippen molar-refractivity contribution in [3.05, 3.63) is 34.4 Å². The van der Waals surface area contributed by atoms with Gasteiger partial charge in [-0.1, -0.05) is 19.1 Å². The summed E-state index contributed by atoms with van der Waals surface area (Å²) in [6, 6.07) is 4.27. The Labute approximate surface area is 103 Å². The second kappa shape index (κ2) is 4.91. The van der Waals surface area contributed by atoms with E-state index in [4.69, 9.17) is 5.11 Å². The molecule has 1 atom stereocenters. The van der Waals surface area contributed by atoms with Gasteiger partial charge in [0.2, 0.25) is 0 Å². The smallest absolute Gasteiger partial charge is 0.306 e. The third-order valence-electron chi connectivity index (χ3n) is 3.81. The second-order valence-electron chi connectivity index (χ2n) is 5.15. The topological polar surface area (TPSA) is 37.3 Å². The van der Waals surface area contributed by atoms with Gasteiger partial charge in [0.1, 0.15) is 0 Å². The Morgan fingerprint density at radius 1 is 1.29 bits per heavy atom. The lowest BCUT2D eigenvalue weighted by Crippen LogP contribution is -2.15. The molecule has 1 aliphatic rings. The Bertz CT molecular complexity index is 435. The number of carbonyl (C=O) groups is 1. The summed E-state index contributed by atoms with van der Waals surface area (Å²) in [5.41, 5.74) is 5.53. The first-order valence-corrected chi connectivity index (χ1v) is 6.42. The standard InChI is InChI=1S/C15H20O2/c1-10-7-8-12(9-11(2)15(16)17)14-6-4-3-5-13(10)14/h7-8,11H,3-6,9H2,1-2H3,(H,16,17). The normalized spacial score (nSPS) is 16.4. The van der Waals surface area contributed by atoms with Gasteiger partial charge in [0, 0.05) is 0 Å². The first-order chi connectivity index (χ1) is 8.09. The van der Waals surface area contributed by atoms with Crippen LogP contribution in [0, 0.1) is 12.8 Å². The van der Waals surface area contributed by atoms with E-state index < -0.39 is 5.97 Å². The highest BCUT2D eigenvalue weighted by atomic mass is 16.4. The van der Waals surface area contributed by atoms with Gasteiger partial charge in [0.05, 0.1) is 5.92 Å². The van der Waals surface area contributed by atoms with Crippen LogP contribution in [0.5, 0.6) is 0 Å². The lowest BCUT2D eigenvalue weighted by atomic mass is 9.83. The second-order valence-corrected chi connectivity index (χ2v) is 5.15. The highest BCUT2D eigenvalue weighted by Gasteiger charge is 2.18. The van der Waals surface area contributed by atoms with Gasteiger partial charge in [0.15, 0.2) is 0 Å². The molecule has 0 bridgehead atoms. The summed E-state index contributed by atoms with van der Waals surface area (Å²) < 4.78 is 0. The van der Waals surface area contributed by atoms with Gasteiger partial charge in [-0.2, -0.15) is 0 Å². The quantitative estimate of drug-likeness (QED) is 0.869. The molecule has 1 aromatic carbocycles. The molecular formula is C15H20O2. The van der Waals surface area contributed by atoms with Crippen LogP contribution in [0.3, 0.4) is 0 Å². The zero-order valence-electron chi connectivity index (χ0n) is 10.6. The third kappa shape index (κ3) is 2.51. The summed E-state index contributed by atoms with van der Waals surface area (Å²) in [5.74, 6) is -0.987. The molecule has 0 fully saturated rings. The average molecular weight is 232 g/mol. The van der Waals surface area contributed by atoms with Gasteiger partial charge in [-0.15, -0.1) is 0 Å². The maximum Gasteiger partial charge on any atom is 0.306 e. The Hall–Kier alpha value is -1.31. The molecule has 1 N–H and O–H groups in total. The van der Waals surface area contributed by atoms with Crippen LogP contribution in [0.15, 0.2) is 12.1 Å². The molecule has 0 radical (unpaired) electrons. The fourth-order valence-corrected chi connectivity index (χ4v) is 2.73. The molecule has 2 heteroatoms. The number of hydrogen-bond acceptors (Lipinski definition) is 1. The summed E-state index contributed by atoms with van der Waals surface area (Å²) in [6.45, 7) is 3.95. The number of carboxylic acids is 1. The van der Waals surface area contributed by atoms with E-state index >= 15 is 0 Å². The Morgan fingerprint density at radius 2 is 1.94 bits per heavy atom. The Balaban J connectivity index is 2.32. The minimum absolute atomic E-state index is 0.288. The van der Waals surface area contributed by atoms with Crippen LogP contribution in [0.25, 0.3) is 0 Å². The summed E-state index contributed by atoms with van der Waals surface area (Å²) in [6.07, 6.45) is 5.46. The highest BCUT2D eigenvalue weighted by Crippen LogP contribution is 2.28. The maximum absolute atomic E-state index is 10.9. The van der Waals surface area contributed by atoms with Gasteiger partial charge in [-0.25, -0.2) is 0 Å². The van der Waals surface area contributed by atoms with Crippen LogP contribution in [0.4, 0.5) is 0 Å². The van der Waals surface area contributed by atoms with E-state index in [1.165, 1.54) is 35.1 Å². The molecule has 2 nitrogen and oxygen atoms in total. The fraction of sp³-hybridized carbons (Fsp3) is 0.533. The van der Waals surface area contributed by atoms with Crippen molar-refractivity contribution in [1.82, 2.24) is 0 Å². The van der Waals surface area contributed by atoms with E-state index in [1.54, 1.807) is 6.92 Å². The molecule has 1 aromatic rings. The van der Waals surface area contributed by atoms with Gasteiger partial charge in [0.25, 0.3) is 0 Å². The number of fused-ring (bicyclic) bond motifs is 1. The zero-order valence-corrected chi connectivity index (χ0v) is 10.6. The summed E-state index contributed by atoms with van der Waals surface area (Å²) in [4.78, 5) is 10.9. The van der Waals surface area contributed by atoms with Crippen LogP contribution < -0.4 is 0 Å². The van der Waals surface area contributed by atoms with Gasteiger partial charge in [-0.3, -0.25) is 4.79 Å². The SMILES string of the molecule is Cc1ccc(CC(C)C(=O)O)c2c1CCCC2. The number of aryl methyl sites for hydroxylation is 1. The lowest BCUT2D eigenvalue weighted by Gasteiger charge is -2.22. The van der Waals surface area contributed by atoms with Crippen LogP contribution in [-0.2, 0) is 24.1 Å². The number of rotatable bonds is 3. The van der Waals surface area contributed by atoms with E-state index in [0.29, 0.717) is 6.42 Å². The number of aliphatic carboxylic acids is 1. The molecule has 0 aromatic heterocycles. The molecule has 0 aliphatic heterocycles. The van der Waals surface area contributed by atoms with Gasteiger partial charge < -0.3 is 5.11 Å². The predicted octanol–water partition coefficient (Wildman–Crippen LogP) is 3.14. The molecule has 0 amide bonds. The largest absolute Gasteiger partial charge is 0.481 e. The maximum atomic E-state index is 10.9. The number of hydrogen-bond donors (Lipinski definition) is 1. The van der Waals surface area contributed by atoms with E-state index in [9.17, 15) is 4.79 Å². The Kier molecular flexibility index (Phi) is 3.51. The van der Waals surface area contributed by atoms with Crippen molar-refractivity contribution in [1.29, 1.82) is 0 Å².